The average Bonchev–Trinajstić information content (AvgIpc) is 3.45. The minimum absolute atomic E-state index is 0.00863. The van der Waals surface area contributed by atoms with E-state index in [-0.39, 0.29) is 24.6 Å². The number of benzene rings is 1. The number of imidazole rings is 1. The summed E-state index contributed by atoms with van der Waals surface area (Å²) in [4.78, 5) is 29.9. The van der Waals surface area contributed by atoms with E-state index >= 15 is 0 Å². The SMILES string of the molecule is COc1cc(C(=O)N2CC3CCC2[C@@H]3N)cc2nc(-c3cc4ccc(Nc5ccncc5CO)nc4n3CC3CC3)n(C)c12. The number of methoxy groups -OCH3 is 1. The molecule has 3 aliphatic rings. The zero-order valence-corrected chi connectivity index (χ0v) is 24.9. The van der Waals surface area contributed by atoms with Crippen molar-refractivity contribution < 1.29 is 14.6 Å². The Bertz CT molecular complexity index is 1930. The number of fused-ring (bicyclic) bond motifs is 4. The first-order valence-electron chi connectivity index (χ1n) is 15.4. The largest absolute Gasteiger partial charge is 0.494 e. The van der Waals surface area contributed by atoms with E-state index < -0.39 is 0 Å². The monoisotopic (exact) mass is 592 g/mol. The fourth-order valence-electron chi connectivity index (χ4n) is 7.21. The Hall–Kier alpha value is -4.48. The fraction of sp³-hybridized carbons (Fsp3) is 0.394. The number of carbonyl (C=O) groups is 1. The van der Waals surface area contributed by atoms with Gasteiger partial charge in [0.05, 0.1) is 24.9 Å². The van der Waals surface area contributed by atoms with Gasteiger partial charge in [-0.2, -0.15) is 0 Å². The van der Waals surface area contributed by atoms with Gasteiger partial charge in [0.1, 0.15) is 22.7 Å². The van der Waals surface area contributed by atoms with Crippen LogP contribution in [0.2, 0.25) is 0 Å². The lowest BCUT2D eigenvalue weighted by atomic mass is 10.1. The number of anilines is 2. The van der Waals surface area contributed by atoms with Crippen molar-refractivity contribution in [3.05, 3.63) is 59.9 Å². The van der Waals surface area contributed by atoms with Crippen molar-refractivity contribution in [2.75, 3.05) is 19.0 Å². The lowest BCUT2D eigenvalue weighted by Crippen LogP contribution is -2.41. The molecule has 3 fully saturated rings. The Morgan fingerprint density at radius 2 is 2.00 bits per heavy atom. The van der Waals surface area contributed by atoms with Crippen molar-refractivity contribution in [3.8, 4) is 17.3 Å². The van der Waals surface area contributed by atoms with Crippen LogP contribution in [0.1, 0.15) is 41.6 Å². The van der Waals surface area contributed by atoms with E-state index in [1.54, 1.807) is 19.5 Å². The Morgan fingerprint density at radius 1 is 1.14 bits per heavy atom. The van der Waals surface area contributed by atoms with Crippen molar-refractivity contribution >= 4 is 39.5 Å². The summed E-state index contributed by atoms with van der Waals surface area (Å²) in [5, 5.41) is 14.1. The fourth-order valence-corrected chi connectivity index (χ4v) is 7.21. The summed E-state index contributed by atoms with van der Waals surface area (Å²) in [6, 6.07) is 11.9. The van der Waals surface area contributed by atoms with Gasteiger partial charge >= 0.3 is 0 Å². The maximum atomic E-state index is 13.7. The summed E-state index contributed by atoms with van der Waals surface area (Å²) in [5.41, 5.74) is 11.8. The van der Waals surface area contributed by atoms with Crippen LogP contribution >= 0.6 is 0 Å². The summed E-state index contributed by atoms with van der Waals surface area (Å²) >= 11 is 0. The molecular weight excluding hydrogens is 556 g/mol. The highest BCUT2D eigenvalue weighted by Crippen LogP contribution is 2.40. The molecule has 1 amide bonds. The number of likely N-dealkylation sites (tertiary alicyclic amines) is 1. The quantitative estimate of drug-likeness (QED) is 0.244. The number of aliphatic hydroxyl groups is 1. The maximum Gasteiger partial charge on any atom is 0.254 e. The number of aromatic nitrogens is 5. The first kappa shape index (κ1) is 27.1. The third-order valence-corrected chi connectivity index (χ3v) is 9.76. The van der Waals surface area contributed by atoms with Gasteiger partial charge in [-0.3, -0.25) is 9.78 Å². The van der Waals surface area contributed by atoms with Gasteiger partial charge in [-0.1, -0.05) is 0 Å². The smallest absolute Gasteiger partial charge is 0.254 e. The molecule has 2 saturated carbocycles. The van der Waals surface area contributed by atoms with Crippen LogP contribution in [0, 0.1) is 11.8 Å². The molecule has 0 spiro atoms. The van der Waals surface area contributed by atoms with Crippen molar-refractivity contribution in [2.45, 2.75) is 50.9 Å². The van der Waals surface area contributed by atoms with Gasteiger partial charge in [0.25, 0.3) is 5.91 Å². The van der Waals surface area contributed by atoms with Crippen LogP contribution in [0.4, 0.5) is 11.5 Å². The Kier molecular flexibility index (Phi) is 6.35. The third-order valence-electron chi connectivity index (χ3n) is 9.76. The van der Waals surface area contributed by atoms with Gasteiger partial charge < -0.3 is 34.9 Å². The van der Waals surface area contributed by atoms with Crippen LogP contribution < -0.4 is 15.8 Å². The standard InChI is InChI=1S/C33H36N8O3/c1-39-30-24(11-21(13-27(30)44-2)33(43)41-16-20-5-7-25(41)29(20)34)37-32(39)26-12-19-6-8-28(36-23-9-10-35-14-22(23)17-42)38-31(19)40(26)15-18-3-4-18/h6,8-14,18,20,25,29,42H,3-5,7,15-17,34H2,1-2H3,(H,35,36,38)/t20?,25?,29-/m1/s1. The highest BCUT2D eigenvalue weighted by atomic mass is 16.5. The summed E-state index contributed by atoms with van der Waals surface area (Å²) < 4.78 is 10.2. The Labute approximate surface area is 254 Å². The van der Waals surface area contributed by atoms with E-state index in [2.05, 4.69) is 31.6 Å². The number of piperidine rings is 1. The number of ether oxygens (including phenoxy) is 1. The van der Waals surface area contributed by atoms with Crippen molar-refractivity contribution in [1.82, 2.24) is 29.0 Å². The van der Waals surface area contributed by atoms with Gasteiger partial charge in [0, 0.05) is 66.8 Å². The van der Waals surface area contributed by atoms with Gasteiger partial charge in [0.2, 0.25) is 0 Å². The molecule has 11 heteroatoms. The maximum absolute atomic E-state index is 13.7. The van der Waals surface area contributed by atoms with Gasteiger partial charge in [-0.25, -0.2) is 9.97 Å². The number of rotatable bonds is 8. The average molecular weight is 593 g/mol. The predicted molar refractivity (Wildman–Crippen MR) is 168 cm³/mol. The second kappa shape index (κ2) is 10.3. The number of amides is 1. The third kappa shape index (κ3) is 4.33. The number of hydrogen-bond donors (Lipinski definition) is 3. The van der Waals surface area contributed by atoms with E-state index in [0.29, 0.717) is 46.6 Å². The summed E-state index contributed by atoms with van der Waals surface area (Å²) in [6.45, 7) is 1.44. The molecule has 2 bridgehead atoms. The molecule has 1 aliphatic heterocycles. The highest BCUT2D eigenvalue weighted by Gasteiger charge is 2.47. The molecule has 4 aromatic heterocycles. The zero-order valence-electron chi connectivity index (χ0n) is 24.9. The zero-order chi connectivity index (χ0) is 30.1. The first-order chi connectivity index (χ1) is 21.4. The first-order valence-corrected chi connectivity index (χ1v) is 15.4. The molecule has 226 valence electrons. The number of aryl methyl sites for hydroxylation is 1. The number of nitrogens with two attached hydrogens (primary N) is 1. The van der Waals surface area contributed by atoms with E-state index in [0.717, 1.165) is 53.1 Å². The molecule has 1 aromatic carbocycles. The number of carbonyl (C=O) groups excluding carboxylic acids is 1. The molecular formula is C33H36N8O3. The number of hydrogen-bond acceptors (Lipinski definition) is 8. The van der Waals surface area contributed by atoms with Gasteiger partial charge in [0.15, 0.2) is 5.82 Å². The molecule has 5 heterocycles. The van der Waals surface area contributed by atoms with Crippen LogP contribution in [-0.4, -0.2) is 65.7 Å². The second-order valence-corrected chi connectivity index (χ2v) is 12.5. The predicted octanol–water partition coefficient (Wildman–Crippen LogP) is 4.20. The Balaban J connectivity index is 1.21. The van der Waals surface area contributed by atoms with Crippen LogP contribution in [0.5, 0.6) is 5.75 Å². The number of nitrogens with zero attached hydrogens (tertiary/aromatic N) is 6. The number of aliphatic hydroxyl groups excluding tert-OH is 1. The molecule has 4 N–H and O–H groups in total. The van der Waals surface area contributed by atoms with Crippen LogP contribution in [0.25, 0.3) is 33.6 Å². The molecule has 11 nitrogen and oxygen atoms in total. The van der Waals surface area contributed by atoms with Crippen molar-refractivity contribution in [3.63, 3.8) is 0 Å². The highest BCUT2D eigenvalue weighted by molar-refractivity contribution is 6.00. The summed E-state index contributed by atoms with van der Waals surface area (Å²) in [5.74, 6) is 3.06. The molecule has 0 radical (unpaired) electrons. The van der Waals surface area contributed by atoms with Crippen molar-refractivity contribution in [1.29, 1.82) is 0 Å². The van der Waals surface area contributed by atoms with Crippen LogP contribution in [0.15, 0.2) is 48.8 Å². The van der Waals surface area contributed by atoms with E-state index in [9.17, 15) is 9.90 Å². The minimum Gasteiger partial charge on any atom is -0.494 e. The number of nitrogens with one attached hydrogen (secondary N) is 1. The van der Waals surface area contributed by atoms with E-state index in [4.69, 9.17) is 20.4 Å². The van der Waals surface area contributed by atoms with Gasteiger partial charge in [-0.05, 0) is 73.9 Å². The molecule has 44 heavy (non-hydrogen) atoms. The molecule has 1 saturated heterocycles. The second-order valence-electron chi connectivity index (χ2n) is 12.5. The molecule has 5 aromatic rings. The lowest BCUT2D eigenvalue weighted by Gasteiger charge is -2.27. The van der Waals surface area contributed by atoms with Crippen LogP contribution in [0.3, 0.4) is 0 Å². The lowest BCUT2D eigenvalue weighted by molar-refractivity contribution is 0.0700. The molecule has 3 atom stereocenters. The Morgan fingerprint density at radius 3 is 2.73 bits per heavy atom. The molecule has 2 aliphatic carbocycles. The summed E-state index contributed by atoms with van der Waals surface area (Å²) in [6.07, 6.45) is 7.79. The molecule has 8 rings (SSSR count). The van der Waals surface area contributed by atoms with Crippen LogP contribution in [-0.2, 0) is 20.2 Å². The minimum atomic E-state index is -0.114. The molecule has 2 unspecified atom stereocenters. The number of pyridine rings is 2. The van der Waals surface area contributed by atoms with Crippen molar-refractivity contribution in [2.24, 2.45) is 24.6 Å². The van der Waals surface area contributed by atoms with E-state index in [1.165, 1.54) is 12.8 Å². The topological polar surface area (TPSA) is 136 Å². The normalized spacial score (nSPS) is 21.1. The summed E-state index contributed by atoms with van der Waals surface area (Å²) in [7, 11) is 3.63. The van der Waals surface area contributed by atoms with E-state index in [1.807, 2.05) is 36.2 Å². The van der Waals surface area contributed by atoms with Gasteiger partial charge in [-0.15, -0.1) is 0 Å².